The molecular formula is C23H44O5. The largest absolute Gasteiger partial charge is 0.394 e. The van der Waals surface area contributed by atoms with Crippen molar-refractivity contribution in [1.82, 2.24) is 0 Å². The van der Waals surface area contributed by atoms with E-state index in [9.17, 15) is 10.2 Å². The van der Waals surface area contributed by atoms with Gasteiger partial charge in [-0.1, -0.05) is 70.4 Å². The third-order valence-electron chi connectivity index (χ3n) is 5.47. The third-order valence-corrected chi connectivity index (χ3v) is 5.47. The number of aliphatic hydroxyl groups is 3. The highest BCUT2D eigenvalue weighted by Crippen LogP contribution is 2.20. The Bertz CT molecular complexity index is 374. The summed E-state index contributed by atoms with van der Waals surface area (Å²) in [5.74, 6) is 0. The Morgan fingerprint density at radius 1 is 0.929 bits per heavy atom. The summed E-state index contributed by atoms with van der Waals surface area (Å²) in [7, 11) is 0. The van der Waals surface area contributed by atoms with Gasteiger partial charge >= 0.3 is 0 Å². The maximum Gasteiger partial charge on any atom is 0.114 e. The number of hydrogen-bond acceptors (Lipinski definition) is 5. The van der Waals surface area contributed by atoms with Gasteiger partial charge in [-0.3, -0.25) is 0 Å². The molecule has 1 saturated heterocycles. The summed E-state index contributed by atoms with van der Waals surface area (Å²) in [6.07, 6.45) is 18.1. The Balaban J connectivity index is 1.85. The van der Waals surface area contributed by atoms with Gasteiger partial charge in [0.25, 0.3) is 0 Å². The van der Waals surface area contributed by atoms with Gasteiger partial charge in [-0.2, -0.15) is 0 Å². The Labute approximate surface area is 172 Å². The molecule has 0 aromatic rings. The molecule has 0 bridgehead atoms. The molecular weight excluding hydrogens is 356 g/mol. The summed E-state index contributed by atoms with van der Waals surface area (Å²) in [5, 5.41) is 28.6. The van der Waals surface area contributed by atoms with Gasteiger partial charge in [0.15, 0.2) is 0 Å². The van der Waals surface area contributed by atoms with E-state index in [4.69, 9.17) is 14.6 Å². The van der Waals surface area contributed by atoms with E-state index in [1.165, 1.54) is 70.6 Å². The summed E-state index contributed by atoms with van der Waals surface area (Å²) in [6.45, 7) is 2.72. The maximum absolute atomic E-state index is 10.0. The average Bonchev–Trinajstić information content (AvgIpc) is 3.07. The lowest BCUT2D eigenvalue weighted by Crippen LogP contribution is -2.41. The van der Waals surface area contributed by atoms with Crippen molar-refractivity contribution in [3.8, 4) is 0 Å². The normalized spacial score (nSPS) is 23.6. The van der Waals surface area contributed by atoms with Crippen LogP contribution in [0.15, 0.2) is 12.2 Å². The molecule has 1 fully saturated rings. The number of ether oxygens (including phenoxy) is 2. The van der Waals surface area contributed by atoms with Crippen molar-refractivity contribution < 1.29 is 24.8 Å². The molecule has 0 unspecified atom stereocenters. The quantitative estimate of drug-likeness (QED) is 0.238. The van der Waals surface area contributed by atoms with Crippen molar-refractivity contribution in [2.75, 3.05) is 19.8 Å². The highest BCUT2D eigenvalue weighted by Gasteiger charge is 2.40. The van der Waals surface area contributed by atoms with Gasteiger partial charge in [-0.05, 0) is 32.1 Å². The molecule has 0 aliphatic carbocycles. The molecule has 3 N–H and O–H groups in total. The second-order valence-corrected chi connectivity index (χ2v) is 8.03. The van der Waals surface area contributed by atoms with E-state index in [1.807, 2.05) is 0 Å². The van der Waals surface area contributed by atoms with Crippen molar-refractivity contribution in [1.29, 1.82) is 0 Å². The number of hydrogen-bond donors (Lipinski definition) is 3. The molecule has 0 saturated carbocycles. The van der Waals surface area contributed by atoms with Crippen LogP contribution in [0.1, 0.15) is 90.4 Å². The summed E-state index contributed by atoms with van der Waals surface area (Å²) in [6, 6.07) is 0. The summed E-state index contributed by atoms with van der Waals surface area (Å²) < 4.78 is 11.0. The first kappa shape index (κ1) is 25.6. The predicted octanol–water partition coefficient (Wildman–Crippen LogP) is 4.13. The lowest BCUT2D eigenvalue weighted by molar-refractivity contribution is -0.0730. The monoisotopic (exact) mass is 400 g/mol. The van der Waals surface area contributed by atoms with Crippen molar-refractivity contribution in [3.05, 3.63) is 12.2 Å². The standard InChI is InChI=1S/C23H44O5/c1-2-3-4-5-6-7-8-9-10-11-12-13-14-15-16-17-27-21-19-28-23(22(21)26)20(25)18-24/h8-9,20-26H,2-7,10-19H2,1H3/b9-8+/t20-,21+,22-,23-/m1/s1. The van der Waals surface area contributed by atoms with Crippen LogP contribution in [0.3, 0.4) is 0 Å². The van der Waals surface area contributed by atoms with Crippen LogP contribution in [0.25, 0.3) is 0 Å². The molecule has 166 valence electrons. The topological polar surface area (TPSA) is 79.2 Å². The second-order valence-electron chi connectivity index (χ2n) is 8.03. The molecule has 4 atom stereocenters. The van der Waals surface area contributed by atoms with Gasteiger partial charge in [0, 0.05) is 6.61 Å². The third kappa shape index (κ3) is 11.5. The number of allylic oxidation sites excluding steroid dienone is 2. The van der Waals surface area contributed by atoms with E-state index in [0.717, 1.165) is 12.8 Å². The lowest BCUT2D eigenvalue weighted by Gasteiger charge is -2.20. The number of rotatable bonds is 18. The van der Waals surface area contributed by atoms with Crippen LogP contribution in [-0.4, -0.2) is 59.6 Å². The molecule has 1 aliphatic rings. The minimum Gasteiger partial charge on any atom is -0.394 e. The molecule has 28 heavy (non-hydrogen) atoms. The van der Waals surface area contributed by atoms with Crippen molar-refractivity contribution in [2.45, 2.75) is 115 Å². The molecule has 0 aromatic heterocycles. The first-order valence-corrected chi connectivity index (χ1v) is 11.6. The molecule has 1 rings (SSSR count). The Morgan fingerprint density at radius 2 is 1.50 bits per heavy atom. The predicted molar refractivity (Wildman–Crippen MR) is 113 cm³/mol. The van der Waals surface area contributed by atoms with Crippen LogP contribution in [0, 0.1) is 0 Å². The van der Waals surface area contributed by atoms with Crippen molar-refractivity contribution >= 4 is 0 Å². The van der Waals surface area contributed by atoms with E-state index < -0.39 is 31.0 Å². The van der Waals surface area contributed by atoms with Gasteiger partial charge < -0.3 is 24.8 Å². The van der Waals surface area contributed by atoms with Crippen molar-refractivity contribution in [3.63, 3.8) is 0 Å². The van der Waals surface area contributed by atoms with E-state index >= 15 is 0 Å². The minimum atomic E-state index is -1.05. The smallest absolute Gasteiger partial charge is 0.114 e. The number of aliphatic hydroxyl groups excluding tert-OH is 3. The highest BCUT2D eigenvalue weighted by molar-refractivity contribution is 4.88. The molecule has 0 radical (unpaired) electrons. The van der Waals surface area contributed by atoms with Crippen LogP contribution in [-0.2, 0) is 9.47 Å². The lowest BCUT2D eigenvalue weighted by atomic mass is 10.1. The summed E-state index contributed by atoms with van der Waals surface area (Å²) in [4.78, 5) is 0. The van der Waals surface area contributed by atoms with Crippen LogP contribution in [0.5, 0.6) is 0 Å². The molecule has 5 heteroatoms. The molecule has 5 nitrogen and oxygen atoms in total. The number of unbranched alkanes of at least 4 members (excludes halogenated alkanes) is 11. The van der Waals surface area contributed by atoms with E-state index in [1.54, 1.807) is 0 Å². The maximum atomic E-state index is 10.0. The van der Waals surface area contributed by atoms with Crippen molar-refractivity contribution in [2.24, 2.45) is 0 Å². The molecule has 0 spiro atoms. The Morgan fingerprint density at radius 3 is 2.11 bits per heavy atom. The zero-order chi connectivity index (χ0) is 20.5. The van der Waals surface area contributed by atoms with Gasteiger partial charge in [0.2, 0.25) is 0 Å². The van der Waals surface area contributed by atoms with Crippen LogP contribution in [0.2, 0.25) is 0 Å². The van der Waals surface area contributed by atoms with Gasteiger partial charge in [-0.25, -0.2) is 0 Å². The van der Waals surface area contributed by atoms with E-state index in [2.05, 4.69) is 19.1 Å². The fourth-order valence-electron chi connectivity index (χ4n) is 3.61. The Hall–Kier alpha value is -0.460. The summed E-state index contributed by atoms with van der Waals surface area (Å²) >= 11 is 0. The van der Waals surface area contributed by atoms with Gasteiger partial charge in [-0.15, -0.1) is 0 Å². The zero-order valence-corrected chi connectivity index (χ0v) is 17.9. The van der Waals surface area contributed by atoms with Gasteiger partial charge in [0.05, 0.1) is 13.2 Å². The molecule has 0 aromatic carbocycles. The van der Waals surface area contributed by atoms with E-state index in [-0.39, 0.29) is 6.61 Å². The zero-order valence-electron chi connectivity index (χ0n) is 17.9. The minimum absolute atomic E-state index is 0.273. The molecule has 1 aliphatic heterocycles. The van der Waals surface area contributed by atoms with Crippen LogP contribution < -0.4 is 0 Å². The van der Waals surface area contributed by atoms with Gasteiger partial charge in [0.1, 0.15) is 24.4 Å². The second kappa shape index (κ2) is 17.4. The first-order chi connectivity index (χ1) is 13.7. The Kier molecular flexibility index (Phi) is 15.9. The SMILES string of the molecule is CCCCCCC/C=C/CCCCCCCCO[C@H]1CO[C@H]([C@H](O)CO)[C@@H]1O. The average molecular weight is 401 g/mol. The molecule has 0 amide bonds. The molecule has 1 heterocycles. The van der Waals surface area contributed by atoms with E-state index in [0.29, 0.717) is 6.61 Å². The van der Waals surface area contributed by atoms with Crippen LogP contribution in [0.4, 0.5) is 0 Å². The fourth-order valence-corrected chi connectivity index (χ4v) is 3.61. The van der Waals surface area contributed by atoms with Crippen LogP contribution >= 0.6 is 0 Å². The first-order valence-electron chi connectivity index (χ1n) is 11.6. The highest BCUT2D eigenvalue weighted by atomic mass is 16.6. The fraction of sp³-hybridized carbons (Fsp3) is 0.913. The summed E-state index contributed by atoms with van der Waals surface area (Å²) in [5.41, 5.74) is 0.